The van der Waals surface area contributed by atoms with Crippen LogP contribution in [-0.4, -0.2) is 0 Å². The minimum atomic E-state index is 1.11. The summed E-state index contributed by atoms with van der Waals surface area (Å²) in [7, 11) is 0. The average molecular weight is 600 g/mol. The number of nitrogens with zero attached hydrogens (tertiary/aromatic N) is 1. The number of hydrogen-bond acceptors (Lipinski definition) is 1. The summed E-state index contributed by atoms with van der Waals surface area (Å²) >= 11 is 0. The van der Waals surface area contributed by atoms with Gasteiger partial charge in [0.05, 0.1) is 0 Å². The van der Waals surface area contributed by atoms with Gasteiger partial charge in [0.1, 0.15) is 0 Å². The van der Waals surface area contributed by atoms with Crippen LogP contribution in [0.25, 0.3) is 55.3 Å². The summed E-state index contributed by atoms with van der Waals surface area (Å²) in [5.41, 5.74) is 13.0. The van der Waals surface area contributed by atoms with Gasteiger partial charge in [-0.2, -0.15) is 0 Å². The third-order valence-electron chi connectivity index (χ3n) is 8.83. The molecule has 0 heterocycles. The topological polar surface area (TPSA) is 3.24 Å². The van der Waals surface area contributed by atoms with Crippen LogP contribution in [0.1, 0.15) is 0 Å². The molecule has 0 saturated carbocycles. The highest BCUT2D eigenvalue weighted by atomic mass is 15.1. The van der Waals surface area contributed by atoms with Gasteiger partial charge in [-0.1, -0.05) is 158 Å². The molecule has 0 spiro atoms. The largest absolute Gasteiger partial charge is 0.310 e. The molecule has 1 nitrogen and oxygen atoms in total. The Balaban J connectivity index is 1.29. The highest BCUT2D eigenvalue weighted by Crippen LogP contribution is 2.42. The first kappa shape index (κ1) is 28.3. The van der Waals surface area contributed by atoms with Crippen molar-refractivity contribution in [1.29, 1.82) is 0 Å². The van der Waals surface area contributed by atoms with E-state index in [9.17, 15) is 0 Å². The molecule has 0 aliphatic heterocycles. The second-order valence-corrected chi connectivity index (χ2v) is 11.8. The minimum absolute atomic E-state index is 1.11. The van der Waals surface area contributed by atoms with Gasteiger partial charge < -0.3 is 4.90 Å². The molecule has 0 aliphatic carbocycles. The zero-order valence-corrected chi connectivity index (χ0v) is 26.0. The molecule has 0 aromatic heterocycles. The van der Waals surface area contributed by atoms with E-state index in [-0.39, 0.29) is 0 Å². The molecule has 222 valence electrons. The predicted octanol–water partition coefficient (Wildman–Crippen LogP) is 13.0. The maximum Gasteiger partial charge on any atom is 0.0474 e. The molecule has 0 radical (unpaired) electrons. The van der Waals surface area contributed by atoms with Gasteiger partial charge in [0.25, 0.3) is 0 Å². The van der Waals surface area contributed by atoms with E-state index in [0.29, 0.717) is 0 Å². The van der Waals surface area contributed by atoms with Gasteiger partial charge in [-0.05, 0) is 97.7 Å². The molecule has 0 fully saturated rings. The zero-order chi connectivity index (χ0) is 31.4. The second kappa shape index (κ2) is 12.7. The predicted molar refractivity (Wildman–Crippen MR) is 200 cm³/mol. The van der Waals surface area contributed by atoms with E-state index in [0.717, 1.165) is 17.1 Å². The summed E-state index contributed by atoms with van der Waals surface area (Å²) in [4.78, 5) is 2.39. The average Bonchev–Trinajstić information content (AvgIpc) is 3.16. The lowest BCUT2D eigenvalue weighted by molar-refractivity contribution is 1.29. The Morgan fingerprint density at radius 1 is 0.255 bits per heavy atom. The number of hydrogen-bond donors (Lipinski definition) is 0. The molecule has 0 bridgehead atoms. The van der Waals surface area contributed by atoms with Gasteiger partial charge in [-0.25, -0.2) is 0 Å². The molecule has 8 rings (SSSR count). The lowest BCUT2D eigenvalue weighted by atomic mass is 9.96. The Labute approximate surface area is 276 Å². The molecule has 0 N–H and O–H groups in total. The Bertz CT molecular complexity index is 2270. The molecule has 0 amide bonds. The standard InChI is InChI=1S/C46H33N/c1-4-14-34(15-5-1)36-26-28-42(29-27-36)47(44-32-41-20-10-11-25-45(41)46(33-44)37-18-8-3-9-19-37)43-24-13-23-40(31-43)39-22-12-21-38(30-39)35-16-6-2-7-17-35/h1-33H. The fourth-order valence-corrected chi connectivity index (χ4v) is 6.49. The summed E-state index contributed by atoms with van der Waals surface area (Å²) in [5.74, 6) is 0. The van der Waals surface area contributed by atoms with Crippen molar-refractivity contribution in [3.63, 3.8) is 0 Å². The number of anilines is 3. The summed E-state index contributed by atoms with van der Waals surface area (Å²) in [5, 5.41) is 2.45. The summed E-state index contributed by atoms with van der Waals surface area (Å²) in [6.07, 6.45) is 0. The minimum Gasteiger partial charge on any atom is -0.310 e. The SMILES string of the molecule is c1ccc(-c2ccc(N(c3cccc(-c4cccc(-c5ccccc5)c4)c3)c3cc(-c4ccccc4)c4ccccc4c3)cc2)cc1. The van der Waals surface area contributed by atoms with Crippen LogP contribution in [-0.2, 0) is 0 Å². The third kappa shape index (κ3) is 5.83. The normalized spacial score (nSPS) is 11.0. The van der Waals surface area contributed by atoms with Gasteiger partial charge in [0, 0.05) is 17.1 Å². The van der Waals surface area contributed by atoms with Crippen molar-refractivity contribution in [3.8, 4) is 44.5 Å². The van der Waals surface area contributed by atoms with Gasteiger partial charge in [0.2, 0.25) is 0 Å². The van der Waals surface area contributed by atoms with E-state index in [1.165, 1.54) is 55.3 Å². The Kier molecular flexibility index (Phi) is 7.63. The number of benzene rings is 8. The zero-order valence-electron chi connectivity index (χ0n) is 26.0. The van der Waals surface area contributed by atoms with Gasteiger partial charge in [0.15, 0.2) is 0 Å². The van der Waals surface area contributed by atoms with Crippen molar-refractivity contribution in [2.24, 2.45) is 0 Å². The number of fused-ring (bicyclic) bond motifs is 1. The molecule has 0 saturated heterocycles. The summed E-state index contributed by atoms with van der Waals surface area (Å²) < 4.78 is 0. The molecule has 0 aliphatic rings. The molecule has 1 heteroatoms. The Morgan fingerprint density at radius 2 is 0.745 bits per heavy atom. The number of rotatable bonds is 7. The van der Waals surface area contributed by atoms with E-state index in [1.54, 1.807) is 0 Å². The first-order valence-corrected chi connectivity index (χ1v) is 16.1. The maximum absolute atomic E-state index is 2.39. The molecular formula is C46H33N. The first-order chi connectivity index (χ1) is 23.3. The Morgan fingerprint density at radius 3 is 1.43 bits per heavy atom. The molecule has 8 aromatic carbocycles. The van der Waals surface area contributed by atoms with Crippen LogP contribution in [0.3, 0.4) is 0 Å². The fraction of sp³-hybridized carbons (Fsp3) is 0. The van der Waals surface area contributed by atoms with E-state index in [4.69, 9.17) is 0 Å². The summed E-state index contributed by atoms with van der Waals surface area (Å²) in [6, 6.07) is 71.9. The first-order valence-electron chi connectivity index (χ1n) is 16.1. The van der Waals surface area contributed by atoms with Crippen molar-refractivity contribution in [2.45, 2.75) is 0 Å². The molecular weight excluding hydrogens is 567 g/mol. The smallest absolute Gasteiger partial charge is 0.0474 e. The van der Waals surface area contributed by atoms with Crippen molar-refractivity contribution in [1.82, 2.24) is 0 Å². The highest BCUT2D eigenvalue weighted by molar-refractivity contribution is 6.01. The third-order valence-corrected chi connectivity index (χ3v) is 8.83. The van der Waals surface area contributed by atoms with Crippen LogP contribution in [0, 0.1) is 0 Å². The highest BCUT2D eigenvalue weighted by Gasteiger charge is 2.17. The van der Waals surface area contributed by atoms with Crippen LogP contribution >= 0.6 is 0 Å². The fourth-order valence-electron chi connectivity index (χ4n) is 6.49. The lowest BCUT2D eigenvalue weighted by Gasteiger charge is -2.27. The quantitative estimate of drug-likeness (QED) is 0.176. The van der Waals surface area contributed by atoms with Crippen LogP contribution in [0.5, 0.6) is 0 Å². The second-order valence-electron chi connectivity index (χ2n) is 11.8. The molecule has 0 atom stereocenters. The van der Waals surface area contributed by atoms with Crippen LogP contribution in [0.4, 0.5) is 17.1 Å². The van der Waals surface area contributed by atoms with Gasteiger partial charge in [-0.15, -0.1) is 0 Å². The molecule has 47 heavy (non-hydrogen) atoms. The van der Waals surface area contributed by atoms with E-state index in [2.05, 4.69) is 205 Å². The van der Waals surface area contributed by atoms with E-state index < -0.39 is 0 Å². The van der Waals surface area contributed by atoms with E-state index >= 15 is 0 Å². The monoisotopic (exact) mass is 599 g/mol. The van der Waals surface area contributed by atoms with Gasteiger partial charge in [-0.3, -0.25) is 0 Å². The lowest BCUT2D eigenvalue weighted by Crippen LogP contribution is -2.10. The molecule has 0 unspecified atom stereocenters. The maximum atomic E-state index is 2.39. The van der Waals surface area contributed by atoms with Crippen LogP contribution in [0.15, 0.2) is 200 Å². The van der Waals surface area contributed by atoms with Crippen molar-refractivity contribution in [2.75, 3.05) is 4.90 Å². The Hall–Kier alpha value is -6.18. The van der Waals surface area contributed by atoms with Crippen molar-refractivity contribution in [3.05, 3.63) is 200 Å². The van der Waals surface area contributed by atoms with Crippen molar-refractivity contribution >= 4 is 27.8 Å². The van der Waals surface area contributed by atoms with Gasteiger partial charge >= 0.3 is 0 Å². The van der Waals surface area contributed by atoms with Crippen molar-refractivity contribution < 1.29 is 0 Å². The molecule has 8 aromatic rings. The summed E-state index contributed by atoms with van der Waals surface area (Å²) in [6.45, 7) is 0. The van der Waals surface area contributed by atoms with Crippen LogP contribution in [0.2, 0.25) is 0 Å². The van der Waals surface area contributed by atoms with E-state index in [1.807, 2.05) is 0 Å². The van der Waals surface area contributed by atoms with Crippen LogP contribution < -0.4 is 4.90 Å².